The number of hydrogen-bond acceptors (Lipinski definition) is 4. The quantitative estimate of drug-likeness (QED) is 0.672. The first-order valence-corrected chi connectivity index (χ1v) is 12.3. The van der Waals surface area contributed by atoms with Gasteiger partial charge in [-0.05, 0) is 69.9 Å². The van der Waals surface area contributed by atoms with Crippen molar-refractivity contribution in [2.75, 3.05) is 25.0 Å². The van der Waals surface area contributed by atoms with Gasteiger partial charge in [0, 0.05) is 29.7 Å². The number of anilines is 1. The van der Waals surface area contributed by atoms with Crippen molar-refractivity contribution < 1.29 is 17.9 Å². The van der Waals surface area contributed by atoms with Crippen LogP contribution in [0.1, 0.15) is 36.5 Å². The van der Waals surface area contributed by atoms with Crippen molar-refractivity contribution in [3.8, 4) is 5.75 Å². The molecule has 1 saturated heterocycles. The molecule has 0 aromatic heterocycles. The number of piperidine rings is 1. The molecule has 3 rings (SSSR count). The van der Waals surface area contributed by atoms with Gasteiger partial charge in [-0.15, -0.1) is 0 Å². The first-order valence-electron chi connectivity index (χ1n) is 10.4. The predicted molar refractivity (Wildman–Crippen MR) is 123 cm³/mol. The maximum atomic E-state index is 13.2. The van der Waals surface area contributed by atoms with Gasteiger partial charge >= 0.3 is 0 Å². The molecule has 0 atom stereocenters. The summed E-state index contributed by atoms with van der Waals surface area (Å²) < 4.78 is 33.3. The molecule has 1 aliphatic rings. The van der Waals surface area contributed by atoms with Crippen LogP contribution in [0, 0.1) is 26.7 Å². The number of carbonyl (C=O) groups is 1. The average Bonchev–Trinajstić information content (AvgIpc) is 2.72. The van der Waals surface area contributed by atoms with E-state index in [4.69, 9.17) is 16.3 Å². The monoisotopic (exact) mass is 464 g/mol. The number of rotatable bonds is 6. The molecule has 0 saturated carbocycles. The van der Waals surface area contributed by atoms with Gasteiger partial charge in [-0.25, -0.2) is 8.42 Å². The summed E-state index contributed by atoms with van der Waals surface area (Å²) in [5.74, 6) is -0.0146. The molecule has 31 heavy (non-hydrogen) atoms. The topological polar surface area (TPSA) is 75.7 Å². The Hall–Kier alpha value is -2.09. The minimum absolute atomic E-state index is 0.0649. The highest BCUT2D eigenvalue weighted by Crippen LogP contribution is 2.32. The van der Waals surface area contributed by atoms with Crippen LogP contribution in [-0.2, 0) is 14.8 Å². The van der Waals surface area contributed by atoms with E-state index < -0.39 is 10.0 Å². The van der Waals surface area contributed by atoms with E-state index in [9.17, 15) is 13.2 Å². The zero-order chi connectivity index (χ0) is 22.8. The minimum atomic E-state index is -3.77. The molecule has 1 N–H and O–H groups in total. The molecule has 0 unspecified atom stereocenters. The van der Waals surface area contributed by atoms with E-state index in [1.54, 1.807) is 19.1 Å². The number of nitrogens with zero attached hydrogens (tertiary/aromatic N) is 1. The number of hydrogen-bond donors (Lipinski definition) is 1. The minimum Gasteiger partial charge on any atom is -0.492 e. The number of aryl methyl sites for hydroxylation is 3. The van der Waals surface area contributed by atoms with Crippen molar-refractivity contribution >= 4 is 33.2 Å². The summed E-state index contributed by atoms with van der Waals surface area (Å²) in [7, 11) is -3.77. The highest BCUT2D eigenvalue weighted by molar-refractivity contribution is 7.89. The van der Waals surface area contributed by atoms with E-state index in [1.807, 2.05) is 32.9 Å². The Morgan fingerprint density at radius 2 is 1.74 bits per heavy atom. The summed E-state index contributed by atoms with van der Waals surface area (Å²) in [4.78, 5) is 12.9. The molecule has 1 amide bonds. The van der Waals surface area contributed by atoms with Crippen molar-refractivity contribution in [2.45, 2.75) is 45.4 Å². The second-order valence-corrected chi connectivity index (χ2v) is 10.3. The average molecular weight is 465 g/mol. The smallest absolute Gasteiger partial charge is 0.246 e. The Kier molecular flexibility index (Phi) is 7.29. The first-order chi connectivity index (χ1) is 14.6. The van der Waals surface area contributed by atoms with Crippen molar-refractivity contribution in [2.24, 2.45) is 5.92 Å². The molecule has 1 aliphatic heterocycles. The van der Waals surface area contributed by atoms with E-state index in [1.165, 1.54) is 10.4 Å². The molecule has 0 radical (unpaired) electrons. The van der Waals surface area contributed by atoms with Crippen molar-refractivity contribution in [3.63, 3.8) is 0 Å². The second-order valence-electron chi connectivity index (χ2n) is 7.97. The summed E-state index contributed by atoms with van der Waals surface area (Å²) in [6.07, 6.45) is 0.916. The third-order valence-corrected chi connectivity index (χ3v) is 7.73. The largest absolute Gasteiger partial charge is 0.492 e. The molecule has 0 spiro atoms. The lowest BCUT2D eigenvalue weighted by atomic mass is 9.96. The SMILES string of the molecule is CCOc1ccc(Cl)cc1S(=O)(=O)N1CCC(C(=O)Nc2c(C)cc(C)cc2C)CC1. The van der Waals surface area contributed by atoms with Crippen LogP contribution in [0.2, 0.25) is 5.02 Å². The van der Waals surface area contributed by atoms with Crippen LogP contribution in [0.25, 0.3) is 0 Å². The van der Waals surface area contributed by atoms with Crippen molar-refractivity contribution in [1.29, 1.82) is 0 Å². The van der Waals surface area contributed by atoms with Gasteiger partial charge in [-0.1, -0.05) is 29.3 Å². The van der Waals surface area contributed by atoms with Crippen molar-refractivity contribution in [1.82, 2.24) is 4.31 Å². The third-order valence-electron chi connectivity index (χ3n) is 5.57. The summed E-state index contributed by atoms with van der Waals surface area (Å²) in [6.45, 7) is 8.67. The molecular formula is C23H29ClN2O4S. The van der Waals surface area contributed by atoms with Gasteiger partial charge in [0.2, 0.25) is 15.9 Å². The number of ether oxygens (including phenoxy) is 1. The molecule has 168 valence electrons. The Bertz CT molecular complexity index is 1050. The molecule has 0 aliphatic carbocycles. The lowest BCUT2D eigenvalue weighted by Gasteiger charge is -2.31. The number of amides is 1. The van der Waals surface area contributed by atoms with Gasteiger partial charge in [0.15, 0.2) is 0 Å². The van der Waals surface area contributed by atoms with Crippen LogP contribution >= 0.6 is 11.6 Å². The summed E-state index contributed by atoms with van der Waals surface area (Å²) in [5.41, 5.74) is 4.04. The van der Waals surface area contributed by atoms with Gasteiger partial charge in [-0.2, -0.15) is 4.31 Å². The van der Waals surface area contributed by atoms with Crippen LogP contribution in [-0.4, -0.2) is 38.3 Å². The van der Waals surface area contributed by atoms with Crippen LogP contribution in [0.3, 0.4) is 0 Å². The summed E-state index contributed by atoms with van der Waals surface area (Å²) in [5, 5.41) is 3.38. The highest BCUT2D eigenvalue weighted by atomic mass is 35.5. The Morgan fingerprint density at radius 1 is 1.13 bits per heavy atom. The van der Waals surface area contributed by atoms with Crippen LogP contribution in [0.5, 0.6) is 5.75 Å². The van der Waals surface area contributed by atoms with Gasteiger partial charge in [0.05, 0.1) is 6.61 Å². The Balaban J connectivity index is 1.71. The van der Waals surface area contributed by atoms with Gasteiger partial charge < -0.3 is 10.1 Å². The number of carbonyl (C=O) groups excluding carboxylic acids is 1. The number of nitrogens with one attached hydrogen (secondary N) is 1. The Morgan fingerprint density at radius 3 is 2.32 bits per heavy atom. The molecule has 6 nitrogen and oxygen atoms in total. The lowest BCUT2D eigenvalue weighted by Crippen LogP contribution is -2.41. The first kappa shape index (κ1) is 23.6. The Labute approximate surface area is 189 Å². The van der Waals surface area contributed by atoms with E-state index in [0.717, 1.165) is 22.4 Å². The van der Waals surface area contributed by atoms with Crippen molar-refractivity contribution in [3.05, 3.63) is 52.0 Å². The van der Waals surface area contributed by atoms with E-state index >= 15 is 0 Å². The predicted octanol–water partition coefficient (Wildman–Crippen LogP) is 4.70. The van der Waals surface area contributed by atoms with Crippen LogP contribution in [0.15, 0.2) is 35.2 Å². The fraction of sp³-hybridized carbons (Fsp3) is 0.435. The molecule has 0 bridgehead atoms. The standard InChI is InChI=1S/C23H29ClN2O4S/c1-5-30-20-7-6-19(24)14-21(20)31(28,29)26-10-8-18(9-11-26)23(27)25-22-16(3)12-15(2)13-17(22)4/h6-7,12-14,18H,5,8-11H2,1-4H3,(H,25,27). The molecule has 1 fully saturated rings. The molecule has 8 heteroatoms. The molecule has 2 aromatic rings. The highest BCUT2D eigenvalue weighted by Gasteiger charge is 2.34. The van der Waals surface area contributed by atoms with Gasteiger partial charge in [0.1, 0.15) is 10.6 Å². The zero-order valence-electron chi connectivity index (χ0n) is 18.4. The maximum absolute atomic E-state index is 13.2. The fourth-order valence-corrected chi connectivity index (χ4v) is 5.92. The molecule has 2 aromatic carbocycles. The van der Waals surface area contributed by atoms with E-state index in [0.29, 0.717) is 24.5 Å². The maximum Gasteiger partial charge on any atom is 0.246 e. The second kappa shape index (κ2) is 9.59. The van der Waals surface area contributed by atoms with Gasteiger partial charge in [-0.3, -0.25) is 4.79 Å². The third kappa shape index (κ3) is 5.22. The summed E-state index contributed by atoms with van der Waals surface area (Å²) >= 11 is 6.05. The number of sulfonamides is 1. The fourth-order valence-electron chi connectivity index (χ4n) is 4.06. The van der Waals surface area contributed by atoms with Crippen LogP contribution < -0.4 is 10.1 Å². The number of halogens is 1. The van der Waals surface area contributed by atoms with E-state index in [-0.39, 0.29) is 35.6 Å². The normalized spacial score (nSPS) is 15.6. The lowest BCUT2D eigenvalue weighted by molar-refractivity contribution is -0.120. The van der Waals surface area contributed by atoms with E-state index in [2.05, 4.69) is 5.32 Å². The summed E-state index contributed by atoms with van der Waals surface area (Å²) in [6, 6.07) is 8.68. The molecular weight excluding hydrogens is 436 g/mol. The zero-order valence-corrected chi connectivity index (χ0v) is 19.9. The number of benzene rings is 2. The van der Waals surface area contributed by atoms with Crippen LogP contribution in [0.4, 0.5) is 5.69 Å². The van der Waals surface area contributed by atoms with Gasteiger partial charge in [0.25, 0.3) is 0 Å². The molecule has 1 heterocycles.